The fraction of sp³-hybridized carbons (Fsp3) is 0.0909. The molecule has 5 heteroatoms. The summed E-state index contributed by atoms with van der Waals surface area (Å²) in [6, 6.07) is 22.1. The van der Waals surface area contributed by atoms with E-state index in [1.807, 2.05) is 42.5 Å². The smallest absolute Gasteiger partial charge is 0.338 e. The van der Waals surface area contributed by atoms with Crippen LogP contribution in [0.4, 0.5) is 10.1 Å². The van der Waals surface area contributed by atoms with Crippen LogP contribution in [-0.4, -0.2) is 18.0 Å². The summed E-state index contributed by atoms with van der Waals surface area (Å²) in [4.78, 5) is 24.4. The molecule has 0 aliphatic carbocycles. The molecule has 1 amide bonds. The standard InChI is InChI=1S/C22H18FNO3/c1-15(21(25)24-20-13-11-19(23)12-14-20)27-22(26)18-9-7-17(8-10-18)16-5-3-2-4-6-16/h2-15H,1H3,(H,24,25)/t15-/m0/s1. The van der Waals surface area contributed by atoms with Crippen molar-refractivity contribution in [2.75, 3.05) is 5.32 Å². The molecule has 0 aliphatic heterocycles. The third kappa shape index (κ3) is 4.79. The number of esters is 1. The van der Waals surface area contributed by atoms with Crippen molar-refractivity contribution in [1.82, 2.24) is 0 Å². The number of nitrogens with one attached hydrogen (secondary N) is 1. The lowest BCUT2D eigenvalue weighted by Gasteiger charge is -2.14. The van der Waals surface area contributed by atoms with Gasteiger partial charge in [-0.15, -0.1) is 0 Å². The SMILES string of the molecule is C[C@H](OC(=O)c1ccc(-c2ccccc2)cc1)C(=O)Nc1ccc(F)cc1. The molecule has 3 aromatic carbocycles. The Balaban J connectivity index is 1.60. The molecule has 27 heavy (non-hydrogen) atoms. The normalized spacial score (nSPS) is 11.5. The van der Waals surface area contributed by atoms with E-state index in [1.54, 1.807) is 12.1 Å². The van der Waals surface area contributed by atoms with Gasteiger partial charge in [-0.2, -0.15) is 0 Å². The summed E-state index contributed by atoms with van der Waals surface area (Å²) in [6.07, 6.45) is -0.989. The molecule has 3 aromatic rings. The fourth-order valence-electron chi connectivity index (χ4n) is 2.49. The van der Waals surface area contributed by atoms with Crippen LogP contribution in [0.15, 0.2) is 78.9 Å². The van der Waals surface area contributed by atoms with Crippen molar-refractivity contribution in [3.63, 3.8) is 0 Å². The summed E-state index contributed by atoms with van der Waals surface area (Å²) in [7, 11) is 0. The van der Waals surface area contributed by atoms with Crippen LogP contribution in [0, 0.1) is 5.82 Å². The third-order valence-electron chi connectivity index (χ3n) is 3.99. The Kier molecular flexibility index (Phi) is 5.61. The van der Waals surface area contributed by atoms with Gasteiger partial charge >= 0.3 is 5.97 Å². The van der Waals surface area contributed by atoms with Crippen LogP contribution in [0.25, 0.3) is 11.1 Å². The number of amides is 1. The van der Waals surface area contributed by atoms with Crippen LogP contribution in [-0.2, 0) is 9.53 Å². The number of hydrogen-bond donors (Lipinski definition) is 1. The molecule has 0 radical (unpaired) electrons. The summed E-state index contributed by atoms with van der Waals surface area (Å²) in [5, 5.41) is 2.57. The van der Waals surface area contributed by atoms with Crippen molar-refractivity contribution in [2.45, 2.75) is 13.0 Å². The number of rotatable bonds is 5. The second kappa shape index (κ2) is 8.27. The Labute approximate surface area is 156 Å². The van der Waals surface area contributed by atoms with Gasteiger partial charge in [0.2, 0.25) is 0 Å². The first-order chi connectivity index (χ1) is 13.0. The molecule has 1 atom stereocenters. The quantitative estimate of drug-likeness (QED) is 0.670. The zero-order valence-corrected chi connectivity index (χ0v) is 14.7. The fourth-order valence-corrected chi connectivity index (χ4v) is 2.49. The van der Waals surface area contributed by atoms with Crippen LogP contribution >= 0.6 is 0 Å². The minimum Gasteiger partial charge on any atom is -0.449 e. The van der Waals surface area contributed by atoms with Crippen molar-refractivity contribution in [3.8, 4) is 11.1 Å². The molecule has 1 N–H and O–H groups in total. The largest absolute Gasteiger partial charge is 0.449 e. The van der Waals surface area contributed by atoms with Gasteiger partial charge in [-0.1, -0.05) is 42.5 Å². The third-order valence-corrected chi connectivity index (χ3v) is 3.99. The van der Waals surface area contributed by atoms with E-state index in [0.29, 0.717) is 11.3 Å². The molecule has 0 unspecified atom stereocenters. The highest BCUT2D eigenvalue weighted by Crippen LogP contribution is 2.20. The molecule has 0 saturated carbocycles. The van der Waals surface area contributed by atoms with E-state index in [4.69, 9.17) is 4.74 Å². The number of ether oxygens (including phenoxy) is 1. The Morgan fingerprint density at radius 2 is 1.44 bits per heavy atom. The monoisotopic (exact) mass is 363 g/mol. The van der Waals surface area contributed by atoms with Gasteiger partial charge in [0.1, 0.15) is 5.82 Å². The van der Waals surface area contributed by atoms with Gasteiger partial charge in [0, 0.05) is 5.69 Å². The van der Waals surface area contributed by atoms with E-state index in [-0.39, 0.29) is 0 Å². The molecule has 0 aromatic heterocycles. The van der Waals surface area contributed by atoms with Crippen molar-refractivity contribution < 1.29 is 18.7 Å². The minimum absolute atomic E-state index is 0.358. The average molecular weight is 363 g/mol. The van der Waals surface area contributed by atoms with Crippen molar-refractivity contribution in [2.24, 2.45) is 0 Å². The second-order valence-corrected chi connectivity index (χ2v) is 5.99. The molecule has 0 aliphatic rings. The lowest BCUT2D eigenvalue weighted by Crippen LogP contribution is -2.30. The Bertz CT molecular complexity index is 922. The predicted octanol–water partition coefficient (Wildman–Crippen LogP) is 4.68. The van der Waals surface area contributed by atoms with Crippen LogP contribution < -0.4 is 5.32 Å². The van der Waals surface area contributed by atoms with Gasteiger partial charge in [-0.3, -0.25) is 4.79 Å². The Morgan fingerprint density at radius 3 is 2.07 bits per heavy atom. The zero-order valence-electron chi connectivity index (χ0n) is 14.7. The van der Waals surface area contributed by atoms with Crippen molar-refractivity contribution in [3.05, 3.63) is 90.2 Å². The highest BCUT2D eigenvalue weighted by molar-refractivity contribution is 5.97. The maximum Gasteiger partial charge on any atom is 0.338 e. The predicted molar refractivity (Wildman–Crippen MR) is 102 cm³/mol. The Morgan fingerprint density at radius 1 is 0.852 bits per heavy atom. The first-order valence-electron chi connectivity index (χ1n) is 8.46. The summed E-state index contributed by atoms with van der Waals surface area (Å²) in [5.41, 5.74) is 2.81. The lowest BCUT2D eigenvalue weighted by molar-refractivity contribution is -0.123. The molecule has 0 heterocycles. The van der Waals surface area contributed by atoms with E-state index in [0.717, 1.165) is 11.1 Å². The maximum absolute atomic E-state index is 12.9. The van der Waals surface area contributed by atoms with E-state index < -0.39 is 23.8 Å². The van der Waals surface area contributed by atoms with Crippen molar-refractivity contribution >= 4 is 17.6 Å². The number of halogens is 1. The molecule has 4 nitrogen and oxygen atoms in total. The molecule has 136 valence electrons. The van der Waals surface area contributed by atoms with Crippen LogP contribution in [0.1, 0.15) is 17.3 Å². The molecule has 3 rings (SSSR count). The Hall–Kier alpha value is -3.47. The summed E-state index contributed by atoms with van der Waals surface area (Å²) < 4.78 is 18.1. The summed E-state index contributed by atoms with van der Waals surface area (Å²) >= 11 is 0. The number of carbonyl (C=O) groups is 2. The number of hydrogen-bond acceptors (Lipinski definition) is 3. The number of benzene rings is 3. The van der Waals surface area contributed by atoms with E-state index in [1.165, 1.54) is 31.2 Å². The van der Waals surface area contributed by atoms with E-state index in [9.17, 15) is 14.0 Å². The van der Waals surface area contributed by atoms with Gasteiger partial charge in [0.05, 0.1) is 5.56 Å². The highest BCUT2D eigenvalue weighted by Gasteiger charge is 2.19. The van der Waals surface area contributed by atoms with E-state index in [2.05, 4.69) is 5.32 Å². The number of carbonyl (C=O) groups excluding carboxylic acids is 2. The first kappa shape index (κ1) is 18.3. The van der Waals surface area contributed by atoms with Crippen LogP contribution in [0.3, 0.4) is 0 Å². The molecule has 0 bridgehead atoms. The zero-order chi connectivity index (χ0) is 19.2. The molecular weight excluding hydrogens is 345 g/mol. The minimum atomic E-state index is -0.989. The van der Waals surface area contributed by atoms with Gasteiger partial charge in [0.15, 0.2) is 6.10 Å². The molecule has 0 spiro atoms. The second-order valence-electron chi connectivity index (χ2n) is 5.99. The average Bonchev–Trinajstić information content (AvgIpc) is 2.70. The summed E-state index contributed by atoms with van der Waals surface area (Å²) in [6.45, 7) is 1.48. The molecule has 0 fully saturated rings. The van der Waals surface area contributed by atoms with Gasteiger partial charge in [-0.05, 0) is 54.4 Å². The molecular formula is C22H18FNO3. The number of anilines is 1. The van der Waals surface area contributed by atoms with Crippen molar-refractivity contribution in [1.29, 1.82) is 0 Å². The lowest BCUT2D eigenvalue weighted by atomic mass is 10.0. The first-order valence-corrected chi connectivity index (χ1v) is 8.46. The topological polar surface area (TPSA) is 55.4 Å². The maximum atomic E-state index is 12.9. The van der Waals surface area contributed by atoms with Gasteiger partial charge in [-0.25, -0.2) is 9.18 Å². The van der Waals surface area contributed by atoms with Gasteiger partial charge in [0.25, 0.3) is 5.91 Å². The van der Waals surface area contributed by atoms with Gasteiger partial charge < -0.3 is 10.1 Å². The van der Waals surface area contributed by atoms with E-state index >= 15 is 0 Å². The van der Waals surface area contributed by atoms with Crippen LogP contribution in [0.2, 0.25) is 0 Å². The van der Waals surface area contributed by atoms with Crippen LogP contribution in [0.5, 0.6) is 0 Å². The summed E-state index contributed by atoms with van der Waals surface area (Å²) in [5.74, 6) is -1.47. The molecule has 0 saturated heterocycles. The highest BCUT2D eigenvalue weighted by atomic mass is 19.1.